The minimum Gasteiger partial charge on any atom is -0.311 e. The van der Waals surface area contributed by atoms with Gasteiger partial charge in [-0.25, -0.2) is 0 Å². The van der Waals surface area contributed by atoms with E-state index < -0.39 is 7.44 Å². The van der Waals surface area contributed by atoms with E-state index in [0.717, 1.165) is 56.2 Å². The van der Waals surface area contributed by atoms with Crippen LogP contribution in [-0.4, -0.2) is 0 Å². The Morgan fingerprint density at radius 1 is 0.340 bits per heavy atom. The molecule has 0 aliphatic carbocycles. The Labute approximate surface area is 311 Å². The van der Waals surface area contributed by atoms with Crippen molar-refractivity contribution in [3.05, 3.63) is 218 Å². The van der Waals surface area contributed by atoms with Crippen molar-refractivity contribution in [1.82, 2.24) is 0 Å². The Morgan fingerprint density at radius 2 is 0.717 bits per heavy atom. The van der Waals surface area contributed by atoms with E-state index in [1.54, 1.807) is 0 Å². The van der Waals surface area contributed by atoms with E-state index in [4.69, 9.17) is 0 Å². The highest BCUT2D eigenvalue weighted by Crippen LogP contribution is 2.70. The van der Waals surface area contributed by atoms with E-state index >= 15 is 4.57 Å². The molecule has 5 heteroatoms. The van der Waals surface area contributed by atoms with Crippen molar-refractivity contribution in [3.63, 3.8) is 0 Å². The average molecular weight is 702 g/mol. The van der Waals surface area contributed by atoms with Crippen LogP contribution in [0.5, 0.6) is 0 Å². The summed E-state index contributed by atoms with van der Waals surface area (Å²) in [5, 5.41) is 0.771. The Bertz CT molecular complexity index is 2510. The molecule has 0 fully saturated rings. The number of hydrogen-bond donors (Lipinski definition) is 0. The maximum absolute atomic E-state index is 15.9. The summed E-state index contributed by atoms with van der Waals surface area (Å²) in [5.74, 6) is 0. The van der Waals surface area contributed by atoms with E-state index in [1.807, 2.05) is 108 Å². The zero-order valence-corrected chi connectivity index (χ0v) is 29.9. The summed E-state index contributed by atoms with van der Waals surface area (Å²) in [6, 6.07) is 74.9. The summed E-state index contributed by atoms with van der Waals surface area (Å²) in [5.41, 5.74) is 11.3. The number of hydrogen-bond acceptors (Lipinski definition) is 2. The number of fused-ring (bicyclic) bond motifs is 1. The zero-order chi connectivity index (χ0) is 35.6. The summed E-state index contributed by atoms with van der Waals surface area (Å²) in [6.45, 7) is 0. The quantitative estimate of drug-likeness (QED) is 0.147. The minimum absolute atomic E-state index is 0.771. The predicted octanol–water partition coefficient (Wildman–Crippen LogP) is 13.3. The van der Waals surface area contributed by atoms with Gasteiger partial charge >= 0.3 is 7.44 Å². The lowest BCUT2D eigenvalue weighted by atomic mass is 10.0. The molecule has 1 aliphatic heterocycles. The number of benzene rings is 8. The number of nitrogens with zero attached hydrogens (tertiary/aromatic N) is 3. The molecule has 0 spiro atoms. The van der Waals surface area contributed by atoms with E-state index in [-0.39, 0.29) is 0 Å². The molecule has 8 aromatic rings. The molecule has 8 aromatic carbocycles. The smallest absolute Gasteiger partial charge is 0.301 e. The van der Waals surface area contributed by atoms with E-state index in [0.29, 0.717) is 0 Å². The molecule has 4 nitrogen and oxygen atoms in total. The van der Waals surface area contributed by atoms with Crippen LogP contribution in [0.1, 0.15) is 0 Å². The van der Waals surface area contributed by atoms with Crippen molar-refractivity contribution < 1.29 is 4.57 Å². The van der Waals surface area contributed by atoms with Gasteiger partial charge in [0.1, 0.15) is 0 Å². The van der Waals surface area contributed by atoms with E-state index in [9.17, 15) is 0 Å². The highest BCUT2D eigenvalue weighted by atomic mass is 31.2. The molecule has 0 saturated carbocycles. The lowest BCUT2D eigenvalue weighted by Gasteiger charge is -2.33. The first-order valence-electron chi connectivity index (χ1n) is 17.8. The Kier molecular flexibility index (Phi) is 8.44. The van der Waals surface area contributed by atoms with Gasteiger partial charge in [-0.1, -0.05) is 133 Å². The first kappa shape index (κ1) is 32.3. The van der Waals surface area contributed by atoms with Crippen LogP contribution in [0, 0.1) is 0 Å². The summed E-state index contributed by atoms with van der Waals surface area (Å²) >= 11 is 0. The SMILES string of the molecule is O=P1(c2ccccc2)N(c2ccccc2)c2ccc(-c3ccc(N(c4ccccc4)c4ccc(-c5ccccc5)cc4)cc3)cc2N1c1ccccc1. The fourth-order valence-corrected chi connectivity index (χ4v) is 10.3. The van der Waals surface area contributed by atoms with Crippen LogP contribution in [0.25, 0.3) is 22.3 Å². The fraction of sp³-hybridized carbons (Fsp3) is 0. The molecule has 0 radical (unpaired) electrons. The van der Waals surface area contributed by atoms with Gasteiger partial charge in [-0.2, -0.15) is 0 Å². The van der Waals surface area contributed by atoms with Gasteiger partial charge in [-0.05, 0) is 107 Å². The lowest BCUT2D eigenvalue weighted by molar-refractivity contribution is 0.582. The molecule has 0 amide bonds. The Hall–Kier alpha value is -6.61. The second kappa shape index (κ2) is 13.8. The Morgan fingerprint density at radius 3 is 1.25 bits per heavy atom. The van der Waals surface area contributed by atoms with Crippen LogP contribution in [0.15, 0.2) is 218 Å². The standard InChI is InChI=1S/C48H36N3OP/c52-53(46-24-14-5-15-25-46)50(44-20-10-3-11-21-44)47-35-30-40(36-48(47)51(53)45-22-12-4-13-23-45)39-28-33-43(34-29-39)49(41-18-8-2-9-19-41)42-31-26-38(27-32-42)37-16-6-1-7-17-37/h1-36H. The molecule has 0 bridgehead atoms. The highest BCUT2D eigenvalue weighted by Gasteiger charge is 2.49. The molecule has 0 aromatic heterocycles. The summed E-state index contributed by atoms with van der Waals surface area (Å²) in [7, 11) is -3.43. The largest absolute Gasteiger partial charge is 0.311 e. The first-order valence-corrected chi connectivity index (χ1v) is 19.4. The third-order valence-electron chi connectivity index (χ3n) is 9.77. The lowest BCUT2D eigenvalue weighted by Crippen LogP contribution is -2.26. The van der Waals surface area contributed by atoms with Crippen LogP contribution in [0.2, 0.25) is 0 Å². The van der Waals surface area contributed by atoms with Crippen molar-refractivity contribution in [2.75, 3.05) is 14.2 Å². The highest BCUT2D eigenvalue weighted by molar-refractivity contribution is 7.76. The monoisotopic (exact) mass is 701 g/mol. The van der Waals surface area contributed by atoms with Gasteiger partial charge in [0, 0.05) is 28.4 Å². The molecule has 1 atom stereocenters. The third kappa shape index (κ3) is 5.90. The van der Waals surface area contributed by atoms with Gasteiger partial charge in [-0.15, -0.1) is 0 Å². The van der Waals surface area contributed by atoms with E-state index in [1.165, 1.54) is 11.1 Å². The van der Waals surface area contributed by atoms with Crippen LogP contribution >= 0.6 is 7.44 Å². The van der Waals surface area contributed by atoms with Crippen molar-refractivity contribution in [1.29, 1.82) is 0 Å². The van der Waals surface area contributed by atoms with Crippen molar-refractivity contribution in [2.45, 2.75) is 0 Å². The third-order valence-corrected chi connectivity index (χ3v) is 12.7. The van der Waals surface area contributed by atoms with Gasteiger partial charge in [0.05, 0.1) is 16.7 Å². The molecule has 53 heavy (non-hydrogen) atoms. The molecule has 0 saturated heterocycles. The van der Waals surface area contributed by atoms with Gasteiger partial charge in [0.2, 0.25) is 0 Å². The fourth-order valence-electron chi connectivity index (χ4n) is 7.28. The van der Waals surface area contributed by atoms with Crippen molar-refractivity contribution in [2.24, 2.45) is 0 Å². The van der Waals surface area contributed by atoms with Crippen LogP contribution in [-0.2, 0) is 4.57 Å². The van der Waals surface area contributed by atoms with Crippen molar-refractivity contribution >= 4 is 52.6 Å². The topological polar surface area (TPSA) is 26.8 Å². The molecule has 1 aliphatic rings. The van der Waals surface area contributed by atoms with E-state index in [2.05, 4.69) is 125 Å². The molecular weight excluding hydrogens is 666 g/mol. The molecule has 9 rings (SSSR count). The summed E-state index contributed by atoms with van der Waals surface area (Å²) in [6.07, 6.45) is 0. The number of anilines is 7. The van der Waals surface area contributed by atoms with Gasteiger partial charge in [0.25, 0.3) is 0 Å². The maximum Gasteiger partial charge on any atom is 0.301 e. The number of rotatable bonds is 8. The van der Waals surface area contributed by atoms with Gasteiger partial charge in [-0.3, -0.25) is 13.9 Å². The van der Waals surface area contributed by atoms with Crippen LogP contribution < -0.4 is 19.5 Å². The van der Waals surface area contributed by atoms with Gasteiger partial charge < -0.3 is 4.90 Å². The molecule has 1 heterocycles. The Balaban J connectivity index is 1.13. The molecule has 0 N–H and O–H groups in total. The predicted molar refractivity (Wildman–Crippen MR) is 223 cm³/mol. The summed E-state index contributed by atoms with van der Waals surface area (Å²) < 4.78 is 20.0. The van der Waals surface area contributed by atoms with Crippen LogP contribution in [0.4, 0.5) is 39.8 Å². The molecule has 1 unspecified atom stereocenters. The number of para-hydroxylation sites is 3. The van der Waals surface area contributed by atoms with Crippen LogP contribution in [0.3, 0.4) is 0 Å². The second-order valence-corrected chi connectivity index (χ2v) is 15.4. The molecule has 254 valence electrons. The molecular formula is C48H36N3OP. The average Bonchev–Trinajstić information content (AvgIpc) is 3.51. The zero-order valence-electron chi connectivity index (χ0n) is 29.0. The maximum atomic E-state index is 15.9. The van der Waals surface area contributed by atoms with Gasteiger partial charge in [0.15, 0.2) is 0 Å². The minimum atomic E-state index is -3.43. The second-order valence-electron chi connectivity index (χ2n) is 13.0. The first-order chi connectivity index (χ1) is 26.2. The normalized spacial score (nSPS) is 14.9. The summed E-state index contributed by atoms with van der Waals surface area (Å²) in [4.78, 5) is 2.28. The van der Waals surface area contributed by atoms with Crippen molar-refractivity contribution in [3.8, 4) is 22.3 Å².